The number of nitrogens with one attached hydrogen (secondary N) is 1. The van der Waals surface area contributed by atoms with E-state index in [0.29, 0.717) is 25.9 Å². The van der Waals surface area contributed by atoms with Gasteiger partial charge in [0.15, 0.2) is 0 Å². The molecule has 1 atom stereocenters. The third-order valence-corrected chi connectivity index (χ3v) is 3.67. The van der Waals surface area contributed by atoms with Crippen molar-refractivity contribution in [1.82, 2.24) is 10.2 Å². The molecule has 4 nitrogen and oxygen atoms in total. The summed E-state index contributed by atoms with van der Waals surface area (Å²) in [7, 11) is 0. The van der Waals surface area contributed by atoms with Crippen molar-refractivity contribution >= 4 is 6.03 Å². The van der Waals surface area contributed by atoms with Gasteiger partial charge in [-0.2, -0.15) is 13.2 Å². The molecule has 0 aromatic rings. The van der Waals surface area contributed by atoms with Crippen LogP contribution >= 0.6 is 0 Å². The number of alkyl halides is 3. The van der Waals surface area contributed by atoms with Gasteiger partial charge in [-0.3, -0.25) is 0 Å². The number of rotatable bonds is 3. The first-order valence-corrected chi connectivity index (χ1v) is 7.26. The smallest absolute Gasteiger partial charge is 0.396 e. The molecular formula is C14H25F3N2O2. The molecule has 1 aliphatic heterocycles. The second-order valence-corrected chi connectivity index (χ2v) is 6.92. The number of nitrogens with zero attached hydrogens (tertiary/aromatic N) is 1. The molecule has 0 saturated carbocycles. The zero-order valence-electron chi connectivity index (χ0n) is 12.8. The van der Waals surface area contributed by atoms with E-state index >= 15 is 0 Å². The Morgan fingerprint density at radius 3 is 2.19 bits per heavy atom. The maximum absolute atomic E-state index is 13.0. The minimum Gasteiger partial charge on any atom is -0.396 e. The number of amides is 2. The van der Waals surface area contributed by atoms with Crippen molar-refractivity contribution in [2.24, 2.45) is 11.3 Å². The van der Waals surface area contributed by atoms with Crippen molar-refractivity contribution in [1.29, 1.82) is 0 Å². The molecule has 0 radical (unpaired) electrons. The Morgan fingerprint density at radius 2 is 1.81 bits per heavy atom. The van der Waals surface area contributed by atoms with Gasteiger partial charge in [0, 0.05) is 19.7 Å². The summed E-state index contributed by atoms with van der Waals surface area (Å²) < 4.78 is 39.1. The van der Waals surface area contributed by atoms with Crippen LogP contribution in [0.5, 0.6) is 0 Å². The van der Waals surface area contributed by atoms with E-state index in [0.717, 1.165) is 0 Å². The summed E-state index contributed by atoms with van der Waals surface area (Å²) in [6.07, 6.45) is -3.36. The van der Waals surface area contributed by atoms with E-state index in [4.69, 9.17) is 5.11 Å². The minimum atomic E-state index is -4.45. The molecule has 2 amide bonds. The number of piperidine rings is 1. The van der Waals surface area contributed by atoms with Gasteiger partial charge in [-0.15, -0.1) is 0 Å². The van der Waals surface area contributed by atoms with Gasteiger partial charge in [0.1, 0.15) is 6.04 Å². The van der Waals surface area contributed by atoms with E-state index < -0.39 is 23.7 Å². The summed E-state index contributed by atoms with van der Waals surface area (Å²) in [5.41, 5.74) is -0.530. The number of halogens is 3. The summed E-state index contributed by atoms with van der Waals surface area (Å²) in [5, 5.41) is 11.1. The summed E-state index contributed by atoms with van der Waals surface area (Å²) in [4.78, 5) is 13.4. The molecule has 0 aromatic carbocycles. The Balaban J connectivity index is 2.61. The molecule has 1 rings (SSSR count). The molecule has 1 saturated heterocycles. The first-order valence-electron chi connectivity index (χ1n) is 7.26. The SMILES string of the molecule is CC(C)(C)CC(NC(=O)N1CCC(CO)CC1)C(F)(F)F. The Kier molecular flexibility index (Phi) is 5.90. The third kappa shape index (κ3) is 6.11. The number of carbonyl (C=O) groups is 1. The average molecular weight is 310 g/mol. The molecule has 1 heterocycles. The van der Waals surface area contributed by atoms with Gasteiger partial charge in [0.2, 0.25) is 0 Å². The third-order valence-electron chi connectivity index (χ3n) is 3.67. The lowest BCUT2D eigenvalue weighted by Crippen LogP contribution is -2.53. The lowest BCUT2D eigenvalue weighted by atomic mass is 9.88. The summed E-state index contributed by atoms with van der Waals surface area (Å²) in [5.74, 6) is 0.141. The van der Waals surface area contributed by atoms with Crippen LogP contribution in [0.2, 0.25) is 0 Å². The van der Waals surface area contributed by atoms with Gasteiger partial charge >= 0.3 is 12.2 Å². The van der Waals surface area contributed by atoms with Gasteiger partial charge in [-0.05, 0) is 30.6 Å². The molecular weight excluding hydrogens is 285 g/mol. The van der Waals surface area contributed by atoms with Crippen molar-refractivity contribution < 1.29 is 23.1 Å². The monoisotopic (exact) mass is 310 g/mol. The fourth-order valence-electron chi connectivity index (χ4n) is 2.42. The van der Waals surface area contributed by atoms with E-state index in [2.05, 4.69) is 5.32 Å². The number of hydrogen-bond acceptors (Lipinski definition) is 2. The number of aliphatic hydroxyl groups is 1. The van der Waals surface area contributed by atoms with Crippen molar-refractivity contribution in [3.05, 3.63) is 0 Å². The van der Waals surface area contributed by atoms with E-state index in [1.54, 1.807) is 20.8 Å². The molecule has 2 N–H and O–H groups in total. The highest BCUT2D eigenvalue weighted by atomic mass is 19.4. The van der Waals surface area contributed by atoms with E-state index in [1.165, 1.54) is 4.90 Å². The predicted molar refractivity (Wildman–Crippen MR) is 73.8 cm³/mol. The lowest BCUT2D eigenvalue weighted by molar-refractivity contribution is -0.159. The van der Waals surface area contributed by atoms with Crippen LogP contribution in [0, 0.1) is 11.3 Å². The number of urea groups is 1. The van der Waals surface area contributed by atoms with Crippen molar-refractivity contribution in [3.63, 3.8) is 0 Å². The van der Waals surface area contributed by atoms with Crippen LogP contribution in [0.15, 0.2) is 0 Å². The molecule has 0 aliphatic carbocycles. The van der Waals surface area contributed by atoms with Gasteiger partial charge in [-0.25, -0.2) is 4.79 Å². The fraction of sp³-hybridized carbons (Fsp3) is 0.929. The molecule has 21 heavy (non-hydrogen) atoms. The van der Waals surface area contributed by atoms with Crippen LogP contribution in [0.1, 0.15) is 40.0 Å². The normalized spacial score (nSPS) is 19.5. The Hall–Kier alpha value is -0.980. The fourth-order valence-corrected chi connectivity index (χ4v) is 2.42. The highest BCUT2D eigenvalue weighted by molar-refractivity contribution is 5.74. The molecule has 0 aromatic heterocycles. The lowest BCUT2D eigenvalue weighted by Gasteiger charge is -2.34. The van der Waals surface area contributed by atoms with Gasteiger partial charge in [-0.1, -0.05) is 20.8 Å². The quantitative estimate of drug-likeness (QED) is 0.842. The Bertz CT molecular complexity index is 345. The van der Waals surface area contributed by atoms with Crippen LogP contribution in [0.3, 0.4) is 0 Å². The Morgan fingerprint density at radius 1 is 1.29 bits per heavy atom. The second-order valence-electron chi connectivity index (χ2n) is 6.92. The van der Waals surface area contributed by atoms with E-state index in [9.17, 15) is 18.0 Å². The first kappa shape index (κ1) is 18.1. The van der Waals surface area contributed by atoms with Crippen LogP contribution in [0.25, 0.3) is 0 Å². The zero-order valence-corrected chi connectivity index (χ0v) is 12.8. The largest absolute Gasteiger partial charge is 0.408 e. The first-order chi connectivity index (χ1) is 9.53. The highest BCUT2D eigenvalue weighted by Gasteiger charge is 2.43. The van der Waals surface area contributed by atoms with Gasteiger partial charge in [0.05, 0.1) is 0 Å². The number of carbonyl (C=O) groups excluding carboxylic acids is 1. The topological polar surface area (TPSA) is 52.6 Å². The molecule has 7 heteroatoms. The van der Waals surface area contributed by atoms with Gasteiger partial charge < -0.3 is 15.3 Å². The molecule has 1 fully saturated rings. The Labute approximate surface area is 123 Å². The van der Waals surface area contributed by atoms with E-state index in [-0.39, 0.29) is 18.9 Å². The highest BCUT2D eigenvalue weighted by Crippen LogP contribution is 2.30. The summed E-state index contributed by atoms with van der Waals surface area (Å²) in [6.45, 7) is 5.97. The minimum absolute atomic E-state index is 0.0602. The zero-order chi connectivity index (χ0) is 16.3. The molecule has 0 spiro atoms. The van der Waals surface area contributed by atoms with Crippen LogP contribution < -0.4 is 5.32 Å². The molecule has 124 valence electrons. The number of likely N-dealkylation sites (tertiary alicyclic amines) is 1. The molecule has 0 bridgehead atoms. The number of hydrogen-bond donors (Lipinski definition) is 2. The number of aliphatic hydroxyl groups excluding tert-OH is 1. The van der Waals surface area contributed by atoms with Crippen LogP contribution in [-0.2, 0) is 0 Å². The van der Waals surface area contributed by atoms with Crippen molar-refractivity contribution in [3.8, 4) is 0 Å². The van der Waals surface area contributed by atoms with E-state index in [1.807, 2.05) is 0 Å². The van der Waals surface area contributed by atoms with Crippen LogP contribution in [0.4, 0.5) is 18.0 Å². The van der Waals surface area contributed by atoms with Crippen LogP contribution in [-0.4, -0.2) is 48.0 Å². The summed E-state index contributed by atoms with van der Waals surface area (Å²) in [6, 6.07) is -2.50. The molecule has 1 aliphatic rings. The standard InChI is InChI=1S/C14H25F3N2O2/c1-13(2,3)8-11(14(15,16)17)18-12(21)19-6-4-10(9-20)5-7-19/h10-11,20H,4-9H2,1-3H3,(H,18,21). The second kappa shape index (κ2) is 6.85. The van der Waals surface area contributed by atoms with Gasteiger partial charge in [0.25, 0.3) is 0 Å². The van der Waals surface area contributed by atoms with Crippen molar-refractivity contribution in [2.45, 2.75) is 52.3 Å². The maximum Gasteiger partial charge on any atom is 0.408 e. The summed E-state index contributed by atoms with van der Waals surface area (Å²) >= 11 is 0. The van der Waals surface area contributed by atoms with Crippen molar-refractivity contribution in [2.75, 3.05) is 19.7 Å². The maximum atomic E-state index is 13.0. The average Bonchev–Trinajstić information content (AvgIpc) is 2.35. The molecule has 1 unspecified atom stereocenters. The predicted octanol–water partition coefficient (Wildman–Crippen LogP) is 2.77.